The van der Waals surface area contributed by atoms with Crippen LogP contribution in [0, 0.1) is 11.3 Å². The fourth-order valence-electron chi connectivity index (χ4n) is 2.63. The van der Waals surface area contributed by atoms with E-state index in [-0.39, 0.29) is 24.5 Å². The molecule has 1 atom stereocenters. The zero-order valence-corrected chi connectivity index (χ0v) is 14.5. The van der Waals surface area contributed by atoms with Gasteiger partial charge >= 0.3 is 12.0 Å². The number of nitrogens with zero attached hydrogens (tertiary/aromatic N) is 1. The normalized spacial score (nSPS) is 16.1. The molecule has 8 heteroatoms. The highest BCUT2D eigenvalue weighted by atomic mass is 16.5. The summed E-state index contributed by atoms with van der Waals surface area (Å²) in [5.74, 6) is 0.320. The number of amides is 2. The summed E-state index contributed by atoms with van der Waals surface area (Å²) < 4.78 is 16.2. The Labute approximate surface area is 155 Å². The second kappa shape index (κ2) is 8.10. The highest BCUT2D eigenvalue weighted by Crippen LogP contribution is 2.28. The Morgan fingerprint density at radius 2 is 2.07 bits per heavy atom. The monoisotopic (exact) mass is 367 g/mol. The van der Waals surface area contributed by atoms with Crippen molar-refractivity contribution >= 4 is 12.0 Å². The lowest BCUT2D eigenvalue weighted by molar-refractivity contribution is -0.139. The van der Waals surface area contributed by atoms with Gasteiger partial charge in [0.05, 0.1) is 35.8 Å². The van der Waals surface area contributed by atoms with E-state index in [1.807, 2.05) is 6.07 Å². The van der Waals surface area contributed by atoms with Gasteiger partial charge in [-0.15, -0.1) is 0 Å². The first-order valence-electron chi connectivity index (χ1n) is 8.26. The van der Waals surface area contributed by atoms with Gasteiger partial charge in [0.15, 0.2) is 0 Å². The van der Waals surface area contributed by atoms with Crippen molar-refractivity contribution in [1.82, 2.24) is 10.6 Å². The number of carbonyl (C=O) groups is 2. The van der Waals surface area contributed by atoms with E-state index in [0.29, 0.717) is 17.1 Å². The molecule has 2 aromatic rings. The number of nitriles is 1. The Balaban J connectivity index is 1.90. The zero-order chi connectivity index (χ0) is 19.2. The highest BCUT2D eigenvalue weighted by Gasteiger charge is 2.35. The van der Waals surface area contributed by atoms with Gasteiger partial charge in [0.2, 0.25) is 0 Å². The first kappa shape index (κ1) is 18.1. The predicted octanol–water partition coefficient (Wildman–Crippen LogP) is 2.40. The molecule has 0 saturated carbocycles. The third-order valence-corrected chi connectivity index (χ3v) is 3.84. The molecule has 8 nitrogen and oxygen atoms in total. The fraction of sp³-hybridized carbons (Fsp3) is 0.211. The van der Waals surface area contributed by atoms with E-state index in [1.165, 1.54) is 6.26 Å². The zero-order valence-electron chi connectivity index (χ0n) is 14.5. The van der Waals surface area contributed by atoms with Gasteiger partial charge < -0.3 is 24.5 Å². The molecule has 3 rings (SSSR count). The summed E-state index contributed by atoms with van der Waals surface area (Å²) in [5.41, 5.74) is 0.991. The maximum absolute atomic E-state index is 12.5. The lowest BCUT2D eigenvalue weighted by Gasteiger charge is -2.27. The average Bonchev–Trinajstić information content (AvgIpc) is 3.21. The molecule has 0 saturated heterocycles. The molecule has 0 fully saturated rings. The van der Waals surface area contributed by atoms with E-state index in [9.17, 15) is 9.59 Å². The van der Waals surface area contributed by atoms with Crippen molar-refractivity contribution in [2.24, 2.45) is 0 Å². The van der Waals surface area contributed by atoms with E-state index < -0.39 is 18.0 Å². The summed E-state index contributed by atoms with van der Waals surface area (Å²) in [4.78, 5) is 24.6. The van der Waals surface area contributed by atoms with E-state index in [0.717, 1.165) is 0 Å². The third-order valence-electron chi connectivity index (χ3n) is 3.84. The SMILES string of the molecule is CCOC(=O)C1=C(COc2ccc(C#N)cc2)NC(=O)NC1c1ccco1. The van der Waals surface area contributed by atoms with Crippen LogP contribution >= 0.6 is 0 Å². The molecule has 27 heavy (non-hydrogen) atoms. The van der Waals surface area contributed by atoms with E-state index in [1.54, 1.807) is 43.3 Å². The van der Waals surface area contributed by atoms with Crippen LogP contribution in [0.4, 0.5) is 4.79 Å². The molecule has 1 aliphatic heterocycles. The number of hydrogen-bond acceptors (Lipinski definition) is 6. The van der Waals surface area contributed by atoms with E-state index in [4.69, 9.17) is 19.2 Å². The Hall–Kier alpha value is -3.73. The van der Waals surface area contributed by atoms with Gasteiger partial charge in [-0.3, -0.25) is 0 Å². The van der Waals surface area contributed by atoms with Crippen LogP contribution < -0.4 is 15.4 Å². The number of furan rings is 1. The lowest BCUT2D eigenvalue weighted by atomic mass is 10.0. The molecule has 1 aromatic carbocycles. The van der Waals surface area contributed by atoms with Crippen LogP contribution in [0.15, 0.2) is 58.3 Å². The standard InChI is InChI=1S/C19H17N3O5/c1-2-25-18(23)16-14(11-27-13-7-5-12(10-20)6-8-13)21-19(24)22-17(16)15-4-3-9-26-15/h3-9,17H,2,11H2,1H3,(H2,21,22,24). The molecule has 0 bridgehead atoms. The summed E-state index contributed by atoms with van der Waals surface area (Å²) >= 11 is 0. The molecule has 2 amide bonds. The minimum absolute atomic E-state index is 0.0648. The van der Waals surface area contributed by atoms with Gasteiger partial charge in [-0.1, -0.05) is 0 Å². The number of nitrogens with one attached hydrogen (secondary N) is 2. The summed E-state index contributed by atoms with van der Waals surface area (Å²) in [6, 6.07) is 10.6. The van der Waals surface area contributed by atoms with Crippen LogP contribution in [0.2, 0.25) is 0 Å². The third kappa shape index (κ3) is 4.10. The number of carbonyl (C=O) groups excluding carboxylic acids is 2. The van der Waals surface area contributed by atoms with Crippen LogP contribution in [-0.4, -0.2) is 25.2 Å². The summed E-state index contributed by atoms with van der Waals surface area (Å²) in [6.07, 6.45) is 1.46. The van der Waals surface area contributed by atoms with Gasteiger partial charge in [0.1, 0.15) is 24.2 Å². The van der Waals surface area contributed by atoms with Gasteiger partial charge in [-0.25, -0.2) is 9.59 Å². The number of esters is 1. The summed E-state index contributed by atoms with van der Waals surface area (Å²) in [5, 5.41) is 14.1. The maximum atomic E-state index is 12.5. The molecule has 0 aliphatic carbocycles. The van der Waals surface area contributed by atoms with Gasteiger partial charge in [0.25, 0.3) is 0 Å². The first-order chi connectivity index (χ1) is 13.1. The molecule has 2 heterocycles. The quantitative estimate of drug-likeness (QED) is 0.758. The summed E-state index contributed by atoms with van der Waals surface area (Å²) in [6.45, 7) is 1.82. The van der Waals surface area contributed by atoms with Crippen molar-refractivity contribution in [2.45, 2.75) is 13.0 Å². The largest absolute Gasteiger partial charge is 0.487 e. The molecular weight excluding hydrogens is 350 g/mol. The molecule has 1 aromatic heterocycles. The maximum Gasteiger partial charge on any atom is 0.338 e. The number of urea groups is 1. The first-order valence-corrected chi connectivity index (χ1v) is 8.26. The predicted molar refractivity (Wildman–Crippen MR) is 93.4 cm³/mol. The second-order valence-corrected chi connectivity index (χ2v) is 5.58. The van der Waals surface area contributed by atoms with Crippen molar-refractivity contribution in [3.63, 3.8) is 0 Å². The smallest absolute Gasteiger partial charge is 0.338 e. The lowest BCUT2D eigenvalue weighted by Crippen LogP contribution is -2.47. The number of ether oxygens (including phenoxy) is 2. The number of benzene rings is 1. The molecule has 0 radical (unpaired) electrons. The molecule has 2 N–H and O–H groups in total. The average molecular weight is 367 g/mol. The minimum atomic E-state index is -0.785. The van der Waals surface area contributed by atoms with Crippen molar-refractivity contribution in [3.8, 4) is 11.8 Å². The van der Waals surface area contributed by atoms with Crippen molar-refractivity contribution in [1.29, 1.82) is 5.26 Å². The van der Waals surface area contributed by atoms with Crippen molar-refractivity contribution < 1.29 is 23.5 Å². The minimum Gasteiger partial charge on any atom is -0.487 e. The van der Waals surface area contributed by atoms with Crippen molar-refractivity contribution in [2.75, 3.05) is 13.2 Å². The van der Waals surface area contributed by atoms with Crippen LogP contribution in [-0.2, 0) is 9.53 Å². The highest BCUT2D eigenvalue weighted by molar-refractivity contribution is 5.95. The second-order valence-electron chi connectivity index (χ2n) is 5.58. The van der Waals surface area contributed by atoms with Crippen LogP contribution in [0.3, 0.4) is 0 Å². The van der Waals surface area contributed by atoms with Gasteiger partial charge in [0, 0.05) is 0 Å². The molecule has 138 valence electrons. The topological polar surface area (TPSA) is 114 Å². The molecule has 0 spiro atoms. The Kier molecular flexibility index (Phi) is 5.42. The fourth-order valence-corrected chi connectivity index (χ4v) is 2.63. The van der Waals surface area contributed by atoms with E-state index in [2.05, 4.69) is 10.6 Å². The van der Waals surface area contributed by atoms with Gasteiger partial charge in [-0.2, -0.15) is 5.26 Å². The Morgan fingerprint density at radius 3 is 2.70 bits per heavy atom. The van der Waals surface area contributed by atoms with Crippen molar-refractivity contribution in [3.05, 3.63) is 65.3 Å². The summed E-state index contributed by atoms with van der Waals surface area (Å²) in [7, 11) is 0. The van der Waals surface area contributed by atoms with Gasteiger partial charge in [-0.05, 0) is 43.3 Å². The number of rotatable bonds is 6. The van der Waals surface area contributed by atoms with Crippen LogP contribution in [0.25, 0.3) is 0 Å². The van der Waals surface area contributed by atoms with E-state index >= 15 is 0 Å². The number of hydrogen-bond donors (Lipinski definition) is 2. The van der Waals surface area contributed by atoms with Crippen LogP contribution in [0.1, 0.15) is 24.3 Å². The van der Waals surface area contributed by atoms with Crippen LogP contribution in [0.5, 0.6) is 5.75 Å². The molecule has 1 aliphatic rings. The Bertz CT molecular complexity index is 894. The Morgan fingerprint density at radius 1 is 1.30 bits per heavy atom. The molecular formula is C19H17N3O5. The molecule has 1 unspecified atom stereocenters.